The van der Waals surface area contributed by atoms with Crippen LogP contribution in [0.25, 0.3) is 0 Å². The van der Waals surface area contributed by atoms with Crippen molar-refractivity contribution in [2.45, 2.75) is 12.8 Å². The Morgan fingerprint density at radius 1 is 1.50 bits per heavy atom. The van der Waals surface area contributed by atoms with E-state index in [0.717, 1.165) is 19.7 Å². The molecule has 0 spiro atoms. The van der Waals surface area contributed by atoms with Gasteiger partial charge in [0.1, 0.15) is 0 Å². The van der Waals surface area contributed by atoms with Crippen LogP contribution in [0.1, 0.15) is 12.8 Å². The number of hydrogen-bond donors (Lipinski definition) is 1. The van der Waals surface area contributed by atoms with E-state index in [1.807, 2.05) is 0 Å². The molecule has 1 aliphatic rings. The van der Waals surface area contributed by atoms with Gasteiger partial charge in [0.05, 0.1) is 6.61 Å². The van der Waals surface area contributed by atoms with E-state index < -0.39 is 0 Å². The normalized spacial score (nSPS) is 20.0. The summed E-state index contributed by atoms with van der Waals surface area (Å²) in [5.74, 6) is 0. The van der Waals surface area contributed by atoms with Gasteiger partial charge in [-0.1, -0.05) is 0 Å². The van der Waals surface area contributed by atoms with E-state index in [1.54, 1.807) is 7.11 Å². The quantitative estimate of drug-likeness (QED) is 0.628. The Labute approximate surface area is 74.3 Å². The molecule has 0 aromatic rings. The lowest BCUT2D eigenvalue weighted by Gasteiger charge is -2.21. The molecule has 0 bridgehead atoms. The zero-order chi connectivity index (χ0) is 9.03. The third-order valence-corrected chi connectivity index (χ3v) is 2.57. The molecule has 3 nitrogen and oxygen atoms in total. The summed E-state index contributed by atoms with van der Waals surface area (Å²) in [4.78, 5) is 2.23. The van der Waals surface area contributed by atoms with Gasteiger partial charge >= 0.3 is 0 Å². The van der Waals surface area contributed by atoms with Crippen LogP contribution in [0.5, 0.6) is 0 Å². The molecule has 1 rings (SSSR count). The second-order valence-corrected chi connectivity index (χ2v) is 3.89. The second kappa shape index (κ2) is 4.21. The molecule has 1 N–H and O–H groups in total. The first kappa shape index (κ1) is 9.96. The number of aliphatic hydroxyl groups is 1. The lowest BCUT2D eigenvalue weighted by atomic mass is 10.1. The first-order valence-electron chi connectivity index (χ1n) is 4.51. The van der Waals surface area contributed by atoms with E-state index in [1.165, 1.54) is 12.8 Å². The van der Waals surface area contributed by atoms with Crippen molar-refractivity contribution in [2.75, 3.05) is 40.5 Å². The molecule has 0 radical (unpaired) electrons. The summed E-state index contributed by atoms with van der Waals surface area (Å²) < 4.78 is 4.98. The van der Waals surface area contributed by atoms with E-state index >= 15 is 0 Å². The third-order valence-electron chi connectivity index (χ3n) is 2.57. The molecule has 0 aliphatic heterocycles. The highest BCUT2D eigenvalue weighted by Crippen LogP contribution is 2.45. The number of hydrogen-bond acceptors (Lipinski definition) is 3. The first-order chi connectivity index (χ1) is 5.72. The number of rotatable bonds is 6. The summed E-state index contributed by atoms with van der Waals surface area (Å²) in [6, 6.07) is 0. The molecule has 1 fully saturated rings. The number of nitrogens with zero attached hydrogens (tertiary/aromatic N) is 1. The van der Waals surface area contributed by atoms with Crippen molar-refractivity contribution < 1.29 is 9.84 Å². The van der Waals surface area contributed by atoms with E-state index in [2.05, 4.69) is 11.9 Å². The molecule has 0 heterocycles. The van der Waals surface area contributed by atoms with Crippen molar-refractivity contribution in [3.8, 4) is 0 Å². The maximum absolute atomic E-state index is 9.07. The van der Waals surface area contributed by atoms with E-state index in [0.29, 0.717) is 6.61 Å². The molecule has 0 atom stereocenters. The Morgan fingerprint density at radius 2 is 2.17 bits per heavy atom. The molecule has 1 saturated carbocycles. The summed E-state index contributed by atoms with van der Waals surface area (Å²) in [6.07, 6.45) is 2.36. The summed E-state index contributed by atoms with van der Waals surface area (Å²) >= 11 is 0. The zero-order valence-corrected chi connectivity index (χ0v) is 8.05. The maximum atomic E-state index is 9.07. The van der Waals surface area contributed by atoms with Gasteiger partial charge in [-0.25, -0.2) is 0 Å². The van der Waals surface area contributed by atoms with Crippen molar-refractivity contribution in [1.29, 1.82) is 0 Å². The van der Waals surface area contributed by atoms with Crippen LogP contribution in [-0.4, -0.2) is 50.5 Å². The van der Waals surface area contributed by atoms with E-state index in [9.17, 15) is 0 Å². The molecule has 0 saturated heterocycles. The van der Waals surface area contributed by atoms with Crippen LogP contribution in [0.2, 0.25) is 0 Å². The van der Waals surface area contributed by atoms with Crippen molar-refractivity contribution in [1.82, 2.24) is 4.90 Å². The Balaban J connectivity index is 2.13. The van der Waals surface area contributed by atoms with E-state index in [-0.39, 0.29) is 5.41 Å². The molecule has 0 aromatic carbocycles. The fraction of sp³-hybridized carbons (Fsp3) is 1.00. The Kier molecular flexibility index (Phi) is 3.50. The minimum atomic E-state index is 0.239. The molecule has 0 amide bonds. The topological polar surface area (TPSA) is 32.7 Å². The van der Waals surface area contributed by atoms with Crippen LogP contribution in [0.3, 0.4) is 0 Å². The van der Waals surface area contributed by atoms with Crippen LogP contribution in [0.4, 0.5) is 0 Å². The zero-order valence-electron chi connectivity index (χ0n) is 8.05. The number of ether oxygens (including phenoxy) is 1. The summed E-state index contributed by atoms with van der Waals surface area (Å²) in [7, 11) is 3.79. The highest BCUT2D eigenvalue weighted by Gasteiger charge is 2.42. The fourth-order valence-electron chi connectivity index (χ4n) is 1.44. The monoisotopic (exact) mass is 173 g/mol. The van der Waals surface area contributed by atoms with Crippen LogP contribution >= 0.6 is 0 Å². The predicted molar refractivity (Wildman–Crippen MR) is 48.1 cm³/mol. The minimum Gasteiger partial charge on any atom is -0.396 e. The molecule has 0 aromatic heterocycles. The van der Waals surface area contributed by atoms with Gasteiger partial charge in [0, 0.05) is 32.2 Å². The van der Waals surface area contributed by atoms with Gasteiger partial charge in [-0.05, 0) is 19.9 Å². The fourth-order valence-corrected chi connectivity index (χ4v) is 1.44. The van der Waals surface area contributed by atoms with Gasteiger partial charge < -0.3 is 14.7 Å². The minimum absolute atomic E-state index is 0.239. The number of likely N-dealkylation sites (N-methyl/N-ethyl adjacent to an activating group) is 1. The smallest absolute Gasteiger partial charge is 0.0589 e. The van der Waals surface area contributed by atoms with Gasteiger partial charge in [-0.2, -0.15) is 0 Å². The lowest BCUT2D eigenvalue weighted by Crippen LogP contribution is -2.31. The average molecular weight is 173 g/mol. The molecule has 3 heteroatoms. The van der Waals surface area contributed by atoms with Gasteiger partial charge in [0.25, 0.3) is 0 Å². The first-order valence-corrected chi connectivity index (χ1v) is 4.51. The van der Waals surface area contributed by atoms with Crippen LogP contribution in [0.15, 0.2) is 0 Å². The van der Waals surface area contributed by atoms with Gasteiger partial charge in [-0.3, -0.25) is 0 Å². The Hall–Kier alpha value is -0.120. The SMILES string of the molecule is COCCN(C)CC1(CO)CC1. The molecule has 1 aliphatic carbocycles. The van der Waals surface area contributed by atoms with Crippen molar-refractivity contribution in [3.63, 3.8) is 0 Å². The predicted octanol–water partition coefficient (Wildman–Crippen LogP) is 0.337. The Bertz CT molecular complexity index is 134. The third kappa shape index (κ3) is 2.73. The average Bonchev–Trinajstić information content (AvgIpc) is 2.82. The molecular formula is C9H19NO2. The maximum Gasteiger partial charge on any atom is 0.0589 e. The standard InChI is InChI=1S/C9H19NO2/c1-10(5-6-12-2)7-9(8-11)3-4-9/h11H,3-8H2,1-2H3. The number of methoxy groups -OCH3 is 1. The highest BCUT2D eigenvalue weighted by molar-refractivity contribution is 4.94. The molecule has 0 unspecified atom stereocenters. The highest BCUT2D eigenvalue weighted by atomic mass is 16.5. The molecule has 72 valence electrons. The molecular weight excluding hydrogens is 154 g/mol. The Morgan fingerprint density at radius 3 is 2.58 bits per heavy atom. The van der Waals surface area contributed by atoms with E-state index in [4.69, 9.17) is 9.84 Å². The van der Waals surface area contributed by atoms with Gasteiger partial charge in [-0.15, -0.1) is 0 Å². The summed E-state index contributed by atoms with van der Waals surface area (Å²) in [5, 5.41) is 9.07. The van der Waals surface area contributed by atoms with Gasteiger partial charge in [0.15, 0.2) is 0 Å². The van der Waals surface area contributed by atoms with Crippen LogP contribution in [-0.2, 0) is 4.74 Å². The van der Waals surface area contributed by atoms with Crippen molar-refractivity contribution in [2.24, 2.45) is 5.41 Å². The summed E-state index contributed by atoms with van der Waals surface area (Å²) in [5.41, 5.74) is 0.239. The number of aliphatic hydroxyl groups excluding tert-OH is 1. The lowest BCUT2D eigenvalue weighted by molar-refractivity contribution is 0.127. The second-order valence-electron chi connectivity index (χ2n) is 3.89. The van der Waals surface area contributed by atoms with Crippen molar-refractivity contribution in [3.05, 3.63) is 0 Å². The van der Waals surface area contributed by atoms with Crippen LogP contribution in [0, 0.1) is 5.41 Å². The van der Waals surface area contributed by atoms with Gasteiger partial charge in [0.2, 0.25) is 0 Å². The van der Waals surface area contributed by atoms with Crippen LogP contribution < -0.4 is 0 Å². The van der Waals surface area contributed by atoms with Crippen molar-refractivity contribution >= 4 is 0 Å². The summed E-state index contributed by atoms with van der Waals surface area (Å²) in [6.45, 7) is 3.08. The molecule has 12 heavy (non-hydrogen) atoms. The largest absolute Gasteiger partial charge is 0.396 e.